The van der Waals surface area contributed by atoms with Gasteiger partial charge in [-0.15, -0.1) is 0 Å². The molecule has 0 unspecified atom stereocenters. The van der Waals surface area contributed by atoms with Crippen molar-refractivity contribution in [1.29, 1.82) is 0 Å². The number of benzene rings is 2. The van der Waals surface area contributed by atoms with Gasteiger partial charge in [-0.25, -0.2) is 22.0 Å². The van der Waals surface area contributed by atoms with E-state index in [1.54, 1.807) is 0 Å². The molecule has 144 valence electrons. The summed E-state index contributed by atoms with van der Waals surface area (Å²) in [7, 11) is -3.69. The Balaban J connectivity index is 2.18. The Bertz CT molecular complexity index is 955. The maximum absolute atomic E-state index is 13.6. The number of hydrogen-bond acceptors (Lipinski definition) is 5. The van der Waals surface area contributed by atoms with E-state index in [1.807, 2.05) is 5.32 Å². The van der Waals surface area contributed by atoms with Gasteiger partial charge in [-0.3, -0.25) is 4.79 Å². The summed E-state index contributed by atoms with van der Waals surface area (Å²) in [4.78, 5) is 24.2. The van der Waals surface area contributed by atoms with Gasteiger partial charge in [-0.1, -0.05) is 25.1 Å². The molecule has 2 rings (SSSR count). The van der Waals surface area contributed by atoms with Crippen LogP contribution in [0.25, 0.3) is 0 Å². The number of carbonyl (C=O) groups is 2. The largest absolute Gasteiger partial charge is 0.449 e. The van der Waals surface area contributed by atoms with Crippen molar-refractivity contribution >= 4 is 27.4 Å². The number of hydrogen-bond donors (Lipinski definition) is 1. The Morgan fingerprint density at radius 3 is 2.26 bits per heavy atom. The van der Waals surface area contributed by atoms with Gasteiger partial charge >= 0.3 is 5.97 Å². The monoisotopic (exact) mass is 397 g/mol. The van der Waals surface area contributed by atoms with Crippen LogP contribution in [0.1, 0.15) is 24.2 Å². The lowest BCUT2D eigenvalue weighted by atomic mass is 10.2. The molecule has 1 atom stereocenters. The van der Waals surface area contributed by atoms with Crippen LogP contribution in [0.3, 0.4) is 0 Å². The summed E-state index contributed by atoms with van der Waals surface area (Å²) in [6, 6.07) is 8.47. The van der Waals surface area contributed by atoms with Crippen molar-refractivity contribution in [1.82, 2.24) is 0 Å². The van der Waals surface area contributed by atoms with E-state index in [-0.39, 0.29) is 16.2 Å². The third-order valence-electron chi connectivity index (χ3n) is 3.69. The molecule has 1 amide bonds. The van der Waals surface area contributed by atoms with Crippen molar-refractivity contribution in [2.24, 2.45) is 0 Å². The average Bonchev–Trinajstić information content (AvgIpc) is 2.64. The molecule has 0 aliphatic heterocycles. The Morgan fingerprint density at radius 1 is 1.07 bits per heavy atom. The van der Waals surface area contributed by atoms with Crippen molar-refractivity contribution in [3.05, 3.63) is 59.7 Å². The van der Waals surface area contributed by atoms with Crippen molar-refractivity contribution in [2.75, 3.05) is 11.1 Å². The predicted octanol–water partition coefficient (Wildman–Crippen LogP) is 2.94. The molecule has 0 bridgehead atoms. The molecule has 0 aliphatic rings. The second kappa shape index (κ2) is 8.26. The molecule has 0 saturated carbocycles. The number of ether oxygens (including phenoxy) is 1. The Kier molecular flexibility index (Phi) is 6.27. The SMILES string of the molecule is CCS(=O)(=O)c1ccccc1C(=O)O[C@H](C)C(=O)Nc1c(F)cccc1F. The molecule has 0 aliphatic carbocycles. The number of nitrogens with one attached hydrogen (secondary N) is 1. The number of anilines is 1. The Labute approximate surface area is 155 Å². The topological polar surface area (TPSA) is 89.5 Å². The predicted molar refractivity (Wildman–Crippen MR) is 94.0 cm³/mol. The van der Waals surface area contributed by atoms with E-state index in [9.17, 15) is 26.8 Å². The van der Waals surface area contributed by atoms with E-state index in [1.165, 1.54) is 38.1 Å². The van der Waals surface area contributed by atoms with Gasteiger partial charge in [0.1, 0.15) is 17.3 Å². The highest BCUT2D eigenvalue weighted by atomic mass is 32.2. The number of halogens is 2. The maximum atomic E-state index is 13.6. The second-order valence-corrected chi connectivity index (χ2v) is 7.78. The van der Waals surface area contributed by atoms with E-state index in [4.69, 9.17) is 4.74 Å². The van der Waals surface area contributed by atoms with Gasteiger partial charge in [0.2, 0.25) is 0 Å². The normalized spacial score (nSPS) is 12.3. The fourth-order valence-electron chi connectivity index (χ4n) is 2.18. The number of carbonyl (C=O) groups excluding carboxylic acids is 2. The average molecular weight is 397 g/mol. The minimum absolute atomic E-state index is 0.217. The molecule has 0 aromatic heterocycles. The van der Waals surface area contributed by atoms with Crippen LogP contribution < -0.4 is 5.32 Å². The van der Waals surface area contributed by atoms with Gasteiger partial charge in [0.15, 0.2) is 15.9 Å². The molecular weight excluding hydrogens is 380 g/mol. The fraction of sp³-hybridized carbons (Fsp3) is 0.222. The van der Waals surface area contributed by atoms with Crippen molar-refractivity contribution in [3.63, 3.8) is 0 Å². The van der Waals surface area contributed by atoms with Crippen LogP contribution in [0.4, 0.5) is 14.5 Å². The minimum atomic E-state index is -3.69. The zero-order valence-electron chi connectivity index (χ0n) is 14.5. The standard InChI is InChI=1S/C18H17F2NO5S/c1-3-27(24,25)15-10-5-4-7-12(15)18(23)26-11(2)17(22)21-16-13(19)8-6-9-14(16)20/h4-11H,3H2,1-2H3,(H,21,22)/t11-/m1/s1. The van der Waals surface area contributed by atoms with Crippen LogP contribution in [0, 0.1) is 11.6 Å². The fourth-order valence-corrected chi connectivity index (χ4v) is 3.26. The van der Waals surface area contributed by atoms with E-state index in [0.29, 0.717) is 0 Å². The Morgan fingerprint density at radius 2 is 1.67 bits per heavy atom. The lowest BCUT2D eigenvalue weighted by Crippen LogP contribution is -2.31. The van der Waals surface area contributed by atoms with Gasteiger partial charge in [0.25, 0.3) is 5.91 Å². The summed E-state index contributed by atoms with van der Waals surface area (Å²) in [5.41, 5.74) is -0.893. The smallest absolute Gasteiger partial charge is 0.340 e. The lowest BCUT2D eigenvalue weighted by molar-refractivity contribution is -0.123. The van der Waals surface area contributed by atoms with Crippen molar-refractivity contribution < 1.29 is 31.5 Å². The number of esters is 1. The molecule has 9 heteroatoms. The third-order valence-corrected chi connectivity index (χ3v) is 5.47. The maximum Gasteiger partial charge on any atom is 0.340 e. The summed E-state index contributed by atoms with van der Waals surface area (Å²) in [5, 5.41) is 2.01. The first-order valence-electron chi connectivity index (χ1n) is 7.95. The first-order chi connectivity index (χ1) is 12.7. The summed E-state index contributed by atoms with van der Waals surface area (Å²) >= 11 is 0. The molecule has 27 heavy (non-hydrogen) atoms. The van der Waals surface area contributed by atoms with Gasteiger partial charge in [-0.05, 0) is 31.2 Å². The highest BCUT2D eigenvalue weighted by Crippen LogP contribution is 2.20. The Hall–Kier alpha value is -2.81. The zero-order valence-corrected chi connectivity index (χ0v) is 15.3. The van der Waals surface area contributed by atoms with Crippen LogP contribution >= 0.6 is 0 Å². The minimum Gasteiger partial charge on any atom is -0.449 e. The van der Waals surface area contributed by atoms with Crippen molar-refractivity contribution in [2.45, 2.75) is 24.8 Å². The van der Waals surface area contributed by atoms with E-state index in [2.05, 4.69) is 0 Å². The van der Waals surface area contributed by atoms with Gasteiger partial charge in [0, 0.05) is 0 Å². The molecule has 2 aromatic carbocycles. The second-order valence-electron chi connectivity index (χ2n) is 5.53. The highest BCUT2D eigenvalue weighted by molar-refractivity contribution is 7.91. The first-order valence-corrected chi connectivity index (χ1v) is 9.60. The summed E-state index contributed by atoms with van der Waals surface area (Å²) in [5.74, 6) is -4.20. The van der Waals surface area contributed by atoms with Gasteiger partial charge in [-0.2, -0.15) is 0 Å². The molecule has 2 aromatic rings. The summed E-state index contributed by atoms with van der Waals surface area (Å²) < 4.78 is 56.3. The van der Waals surface area contributed by atoms with Crippen LogP contribution in [0.15, 0.2) is 47.4 Å². The number of amides is 1. The molecule has 1 N–H and O–H groups in total. The van der Waals surface area contributed by atoms with Crippen LogP contribution in [0.2, 0.25) is 0 Å². The molecule has 0 radical (unpaired) electrons. The van der Waals surface area contributed by atoms with E-state index < -0.39 is 45.1 Å². The molecule has 6 nitrogen and oxygen atoms in total. The number of rotatable bonds is 6. The molecular formula is C18H17F2NO5S. The first kappa shape index (κ1) is 20.5. The molecule has 0 fully saturated rings. The van der Waals surface area contributed by atoms with Crippen molar-refractivity contribution in [3.8, 4) is 0 Å². The highest BCUT2D eigenvalue weighted by Gasteiger charge is 2.25. The molecule has 0 heterocycles. The van der Waals surface area contributed by atoms with Gasteiger partial charge < -0.3 is 10.1 Å². The quantitative estimate of drug-likeness (QED) is 0.757. The van der Waals surface area contributed by atoms with E-state index in [0.717, 1.165) is 18.2 Å². The van der Waals surface area contributed by atoms with Crippen LogP contribution in [0.5, 0.6) is 0 Å². The summed E-state index contributed by atoms with van der Waals surface area (Å²) in [6.45, 7) is 2.62. The zero-order chi connectivity index (χ0) is 20.2. The summed E-state index contributed by atoms with van der Waals surface area (Å²) in [6.07, 6.45) is -1.42. The molecule has 0 spiro atoms. The van der Waals surface area contributed by atoms with Crippen LogP contribution in [-0.4, -0.2) is 32.2 Å². The third kappa shape index (κ3) is 4.68. The van der Waals surface area contributed by atoms with E-state index >= 15 is 0 Å². The number of para-hydroxylation sites is 1. The molecule has 0 saturated heterocycles. The van der Waals surface area contributed by atoms with Crippen LogP contribution in [-0.2, 0) is 19.4 Å². The van der Waals surface area contributed by atoms with Gasteiger partial charge in [0.05, 0.1) is 16.2 Å². The number of sulfone groups is 1. The lowest BCUT2D eigenvalue weighted by Gasteiger charge is -2.15.